The monoisotopic (exact) mass is 455 g/mol. The molecule has 0 bridgehead atoms. The number of carbonyl (C=O) groups excluding carboxylic acids is 1. The number of piperidine rings is 1. The summed E-state index contributed by atoms with van der Waals surface area (Å²) in [7, 11) is -3.52. The molecular formula is C24H29N3O4S. The molecule has 0 aromatic heterocycles. The number of rotatable bonds is 6. The second kappa shape index (κ2) is 10.3. The fourth-order valence-electron chi connectivity index (χ4n) is 3.95. The predicted octanol–water partition coefficient (Wildman–Crippen LogP) is 3.35. The maximum Gasteiger partial charge on any atom is 0.248 e. The van der Waals surface area contributed by atoms with Crippen LogP contribution in [0.15, 0.2) is 59.5 Å². The van der Waals surface area contributed by atoms with Crippen molar-refractivity contribution in [2.75, 3.05) is 49.6 Å². The van der Waals surface area contributed by atoms with Crippen LogP contribution in [-0.4, -0.2) is 58.0 Å². The van der Waals surface area contributed by atoms with Gasteiger partial charge in [0, 0.05) is 43.6 Å². The van der Waals surface area contributed by atoms with Gasteiger partial charge in [-0.3, -0.25) is 4.79 Å². The van der Waals surface area contributed by atoms with Crippen LogP contribution in [0.5, 0.6) is 0 Å². The van der Waals surface area contributed by atoms with Gasteiger partial charge in [-0.15, -0.1) is 0 Å². The Kier molecular flexibility index (Phi) is 7.24. The van der Waals surface area contributed by atoms with Crippen LogP contribution < -0.4 is 10.2 Å². The van der Waals surface area contributed by atoms with Crippen LogP contribution in [0.3, 0.4) is 0 Å². The van der Waals surface area contributed by atoms with Gasteiger partial charge >= 0.3 is 0 Å². The zero-order valence-electron chi connectivity index (χ0n) is 18.1. The highest BCUT2D eigenvalue weighted by atomic mass is 32.2. The second-order valence-corrected chi connectivity index (χ2v) is 9.94. The molecule has 1 amide bonds. The summed E-state index contributed by atoms with van der Waals surface area (Å²) < 4.78 is 32.0. The van der Waals surface area contributed by atoms with Crippen molar-refractivity contribution in [2.24, 2.45) is 0 Å². The smallest absolute Gasteiger partial charge is 0.248 e. The summed E-state index contributed by atoms with van der Waals surface area (Å²) in [4.78, 5) is 14.9. The summed E-state index contributed by atoms with van der Waals surface area (Å²) in [5, 5.41) is 2.86. The molecule has 8 heteroatoms. The zero-order chi connectivity index (χ0) is 22.4. The molecule has 2 aromatic rings. The predicted molar refractivity (Wildman–Crippen MR) is 126 cm³/mol. The maximum atomic E-state index is 12.7. The molecule has 1 N–H and O–H groups in total. The molecule has 0 unspecified atom stereocenters. The SMILES string of the molecule is O=C(/C=C/c1ccc(S(=O)(=O)N2CCOCC2)cc1)Nc1ccc(N2CCCCC2)cc1. The van der Waals surface area contributed by atoms with E-state index in [-0.39, 0.29) is 10.8 Å². The molecular weight excluding hydrogens is 426 g/mol. The Morgan fingerprint density at radius 2 is 1.53 bits per heavy atom. The molecule has 0 radical (unpaired) electrons. The summed E-state index contributed by atoms with van der Waals surface area (Å²) in [6, 6.07) is 14.5. The van der Waals surface area contributed by atoms with E-state index in [0.717, 1.165) is 24.3 Å². The number of amides is 1. The molecule has 2 aromatic carbocycles. The lowest BCUT2D eigenvalue weighted by Gasteiger charge is -2.28. The molecule has 32 heavy (non-hydrogen) atoms. The Balaban J connectivity index is 1.33. The Labute approximate surface area is 189 Å². The lowest BCUT2D eigenvalue weighted by Crippen LogP contribution is -2.40. The normalized spacial score (nSPS) is 18.1. The van der Waals surface area contributed by atoms with Crippen LogP contribution in [-0.2, 0) is 19.6 Å². The largest absolute Gasteiger partial charge is 0.379 e. The number of hydrogen-bond donors (Lipinski definition) is 1. The third kappa shape index (κ3) is 5.56. The fourth-order valence-corrected chi connectivity index (χ4v) is 5.36. The van der Waals surface area contributed by atoms with E-state index in [1.807, 2.05) is 24.3 Å². The molecule has 2 aliphatic heterocycles. The third-order valence-electron chi connectivity index (χ3n) is 5.77. The van der Waals surface area contributed by atoms with Crippen molar-refractivity contribution in [3.63, 3.8) is 0 Å². The average molecular weight is 456 g/mol. The Hall–Kier alpha value is -2.68. The third-order valence-corrected chi connectivity index (χ3v) is 7.68. The van der Waals surface area contributed by atoms with E-state index < -0.39 is 10.0 Å². The molecule has 170 valence electrons. The van der Waals surface area contributed by atoms with Crippen molar-refractivity contribution in [1.29, 1.82) is 0 Å². The van der Waals surface area contributed by atoms with E-state index in [9.17, 15) is 13.2 Å². The number of ether oxygens (including phenoxy) is 1. The van der Waals surface area contributed by atoms with Crippen LogP contribution >= 0.6 is 0 Å². The number of nitrogens with one attached hydrogen (secondary N) is 1. The van der Waals surface area contributed by atoms with Crippen molar-refractivity contribution >= 4 is 33.4 Å². The van der Waals surface area contributed by atoms with Crippen molar-refractivity contribution in [3.8, 4) is 0 Å². The highest BCUT2D eigenvalue weighted by Gasteiger charge is 2.25. The van der Waals surface area contributed by atoms with Crippen LogP contribution in [0.25, 0.3) is 6.08 Å². The molecule has 7 nitrogen and oxygen atoms in total. The molecule has 2 heterocycles. The molecule has 2 aliphatic rings. The first-order valence-electron chi connectivity index (χ1n) is 11.0. The van der Waals surface area contributed by atoms with Crippen molar-refractivity contribution < 1.29 is 17.9 Å². The minimum Gasteiger partial charge on any atom is -0.379 e. The number of benzene rings is 2. The summed E-state index contributed by atoms with van der Waals surface area (Å²) in [6.07, 6.45) is 6.86. The van der Waals surface area contributed by atoms with Gasteiger partial charge in [0.15, 0.2) is 0 Å². The van der Waals surface area contributed by atoms with Gasteiger partial charge in [0.1, 0.15) is 0 Å². The van der Waals surface area contributed by atoms with E-state index in [0.29, 0.717) is 26.3 Å². The minimum atomic E-state index is -3.52. The summed E-state index contributed by atoms with van der Waals surface area (Å²) in [5.41, 5.74) is 2.68. The Bertz CT molecular complexity index is 1040. The first kappa shape index (κ1) is 22.5. The molecule has 0 saturated carbocycles. The number of anilines is 2. The Morgan fingerprint density at radius 3 is 2.19 bits per heavy atom. The quantitative estimate of drug-likeness (QED) is 0.676. The topological polar surface area (TPSA) is 79.0 Å². The van der Waals surface area contributed by atoms with Gasteiger partial charge in [0.25, 0.3) is 0 Å². The number of nitrogens with zero attached hydrogens (tertiary/aromatic N) is 2. The summed E-state index contributed by atoms with van der Waals surface area (Å²) in [5.74, 6) is -0.235. The number of hydrogen-bond acceptors (Lipinski definition) is 5. The van der Waals surface area contributed by atoms with Gasteiger partial charge in [-0.2, -0.15) is 4.31 Å². The zero-order valence-corrected chi connectivity index (χ0v) is 18.9. The van der Waals surface area contributed by atoms with E-state index in [1.54, 1.807) is 30.3 Å². The fraction of sp³-hybridized carbons (Fsp3) is 0.375. The molecule has 0 spiro atoms. The minimum absolute atomic E-state index is 0.235. The number of sulfonamides is 1. The molecule has 0 aliphatic carbocycles. The maximum absolute atomic E-state index is 12.7. The van der Waals surface area contributed by atoms with Crippen LogP contribution in [0.1, 0.15) is 24.8 Å². The lowest BCUT2D eigenvalue weighted by molar-refractivity contribution is -0.111. The Morgan fingerprint density at radius 1 is 0.875 bits per heavy atom. The first-order chi connectivity index (χ1) is 15.5. The van der Waals surface area contributed by atoms with Crippen molar-refractivity contribution in [2.45, 2.75) is 24.2 Å². The summed E-state index contributed by atoms with van der Waals surface area (Å²) in [6.45, 7) is 3.72. The molecule has 0 atom stereocenters. The van der Waals surface area contributed by atoms with Crippen LogP contribution in [0, 0.1) is 0 Å². The van der Waals surface area contributed by atoms with Crippen molar-refractivity contribution in [1.82, 2.24) is 4.31 Å². The van der Waals surface area contributed by atoms with Gasteiger partial charge in [-0.25, -0.2) is 8.42 Å². The lowest BCUT2D eigenvalue weighted by atomic mass is 10.1. The molecule has 2 fully saturated rings. The molecule has 2 saturated heterocycles. The highest BCUT2D eigenvalue weighted by molar-refractivity contribution is 7.89. The first-order valence-corrected chi connectivity index (χ1v) is 12.5. The second-order valence-electron chi connectivity index (χ2n) is 8.00. The van der Waals surface area contributed by atoms with Gasteiger partial charge in [-0.05, 0) is 67.3 Å². The van der Waals surface area contributed by atoms with Gasteiger partial charge < -0.3 is 15.0 Å². The van der Waals surface area contributed by atoms with Crippen LogP contribution in [0.4, 0.5) is 11.4 Å². The number of carbonyl (C=O) groups is 1. The number of morpholine rings is 1. The van der Waals surface area contributed by atoms with Crippen LogP contribution in [0.2, 0.25) is 0 Å². The van der Waals surface area contributed by atoms with Gasteiger partial charge in [0.2, 0.25) is 15.9 Å². The summed E-state index contributed by atoms with van der Waals surface area (Å²) >= 11 is 0. The van der Waals surface area contributed by atoms with E-state index in [4.69, 9.17) is 4.74 Å². The van der Waals surface area contributed by atoms with E-state index in [1.165, 1.54) is 35.3 Å². The van der Waals surface area contributed by atoms with E-state index in [2.05, 4.69) is 10.2 Å². The highest BCUT2D eigenvalue weighted by Crippen LogP contribution is 2.22. The van der Waals surface area contributed by atoms with E-state index >= 15 is 0 Å². The average Bonchev–Trinajstić information content (AvgIpc) is 2.84. The van der Waals surface area contributed by atoms with Gasteiger partial charge in [-0.1, -0.05) is 12.1 Å². The standard InChI is InChI=1S/C24H29N3O4S/c28-24(25-21-7-9-22(10-8-21)26-14-2-1-3-15-26)13-6-20-4-11-23(12-5-20)32(29,30)27-16-18-31-19-17-27/h4-13H,1-3,14-19H2,(H,25,28)/b13-6+. The van der Waals surface area contributed by atoms with Crippen molar-refractivity contribution in [3.05, 3.63) is 60.2 Å². The van der Waals surface area contributed by atoms with Gasteiger partial charge in [0.05, 0.1) is 18.1 Å². The molecule has 4 rings (SSSR count).